The molecule has 0 aliphatic carbocycles. The van der Waals surface area contributed by atoms with Gasteiger partial charge in [-0.05, 0) is 37.1 Å². The number of carbonyl (C=O) groups excluding carboxylic acids is 1. The maximum Gasteiger partial charge on any atom is 0.230 e. The van der Waals surface area contributed by atoms with E-state index in [-0.39, 0.29) is 5.91 Å². The monoisotopic (exact) mass is 331 g/mol. The van der Waals surface area contributed by atoms with E-state index in [9.17, 15) is 9.90 Å². The number of hydrogen-bond donors (Lipinski definition) is 2. The zero-order valence-electron chi connectivity index (χ0n) is 10.6. The van der Waals surface area contributed by atoms with Crippen LogP contribution in [0.3, 0.4) is 0 Å². The van der Waals surface area contributed by atoms with E-state index < -0.39 is 6.10 Å². The summed E-state index contributed by atoms with van der Waals surface area (Å²) in [7, 11) is 0. The van der Waals surface area contributed by atoms with Gasteiger partial charge >= 0.3 is 0 Å². The van der Waals surface area contributed by atoms with Crippen LogP contribution in [0.2, 0.25) is 0 Å². The maximum absolute atomic E-state index is 11.6. The summed E-state index contributed by atoms with van der Waals surface area (Å²) in [6.45, 7) is 4.23. The van der Waals surface area contributed by atoms with Gasteiger partial charge in [-0.3, -0.25) is 4.79 Å². The zero-order chi connectivity index (χ0) is 13.5. The summed E-state index contributed by atoms with van der Waals surface area (Å²) in [6, 6.07) is 5.99. The largest absolute Gasteiger partial charge is 0.391 e. The molecule has 0 radical (unpaired) electrons. The van der Waals surface area contributed by atoms with E-state index in [0.717, 1.165) is 14.9 Å². The van der Waals surface area contributed by atoms with Crippen LogP contribution in [0.4, 0.5) is 0 Å². The second kappa shape index (κ2) is 7.81. The molecule has 0 spiro atoms. The predicted octanol–water partition coefficient (Wildman–Crippen LogP) is 2.74. The number of thioether (sulfide) groups is 1. The average Bonchev–Trinajstić information content (AvgIpc) is 2.34. The van der Waals surface area contributed by atoms with Crippen molar-refractivity contribution in [1.82, 2.24) is 5.32 Å². The summed E-state index contributed by atoms with van der Waals surface area (Å²) >= 11 is 4.92. The van der Waals surface area contributed by atoms with Crippen LogP contribution in [-0.2, 0) is 4.79 Å². The van der Waals surface area contributed by atoms with Gasteiger partial charge in [0.05, 0.1) is 11.9 Å². The highest BCUT2D eigenvalue weighted by Crippen LogP contribution is 2.24. The summed E-state index contributed by atoms with van der Waals surface area (Å²) in [6.07, 6.45) is 0.201. The Hall–Kier alpha value is -0.520. The van der Waals surface area contributed by atoms with Crippen LogP contribution in [-0.4, -0.2) is 29.4 Å². The number of rotatable bonds is 6. The van der Waals surface area contributed by atoms with Gasteiger partial charge in [-0.1, -0.05) is 22.9 Å². The molecule has 1 unspecified atom stereocenters. The van der Waals surface area contributed by atoms with Crippen molar-refractivity contribution < 1.29 is 9.90 Å². The molecule has 0 aliphatic rings. The highest BCUT2D eigenvalue weighted by Gasteiger charge is 2.07. The minimum atomic E-state index is -0.451. The van der Waals surface area contributed by atoms with E-state index in [1.807, 2.05) is 32.0 Å². The quantitative estimate of drug-likeness (QED) is 0.788. The summed E-state index contributed by atoms with van der Waals surface area (Å²) in [5.74, 6) is 0.327. The second-order valence-electron chi connectivity index (χ2n) is 4.06. The highest BCUT2D eigenvalue weighted by molar-refractivity contribution is 9.10. The van der Waals surface area contributed by atoms with E-state index in [1.54, 1.807) is 0 Å². The molecule has 1 aromatic carbocycles. The fraction of sp³-hybridized carbons (Fsp3) is 0.462. The van der Waals surface area contributed by atoms with Gasteiger partial charge in [0.1, 0.15) is 0 Å². The number of carbonyl (C=O) groups is 1. The molecule has 2 N–H and O–H groups in total. The summed E-state index contributed by atoms with van der Waals surface area (Å²) in [4.78, 5) is 12.7. The first-order chi connectivity index (χ1) is 8.52. The van der Waals surface area contributed by atoms with Crippen LogP contribution in [0.15, 0.2) is 27.6 Å². The van der Waals surface area contributed by atoms with Gasteiger partial charge in [-0.2, -0.15) is 0 Å². The molecule has 3 nitrogen and oxygen atoms in total. The molecule has 0 aromatic heterocycles. The van der Waals surface area contributed by atoms with Crippen molar-refractivity contribution in [2.75, 3.05) is 12.3 Å². The van der Waals surface area contributed by atoms with Crippen molar-refractivity contribution in [2.45, 2.75) is 31.3 Å². The lowest BCUT2D eigenvalue weighted by atomic mass is 10.2. The van der Waals surface area contributed by atoms with Crippen LogP contribution >= 0.6 is 27.7 Å². The number of benzene rings is 1. The molecule has 0 saturated carbocycles. The van der Waals surface area contributed by atoms with Crippen LogP contribution in [0.5, 0.6) is 0 Å². The Balaban J connectivity index is 2.38. The molecular weight excluding hydrogens is 314 g/mol. The molecule has 0 fully saturated rings. The zero-order valence-corrected chi connectivity index (χ0v) is 13.0. The molecule has 18 heavy (non-hydrogen) atoms. The molecular formula is C13H18BrNO2S. The van der Waals surface area contributed by atoms with Gasteiger partial charge in [-0.15, -0.1) is 11.8 Å². The van der Waals surface area contributed by atoms with Crippen LogP contribution in [0, 0.1) is 6.92 Å². The Morgan fingerprint density at radius 3 is 2.89 bits per heavy atom. The Kier molecular flexibility index (Phi) is 6.75. The lowest BCUT2D eigenvalue weighted by Gasteiger charge is -2.10. The second-order valence-corrected chi connectivity index (χ2v) is 6.00. The molecule has 1 rings (SSSR count). The number of hydrogen-bond acceptors (Lipinski definition) is 3. The SMILES string of the molecule is CCC(O)CNC(=O)CSc1ccc(Br)cc1C. The normalized spacial score (nSPS) is 12.2. The fourth-order valence-corrected chi connectivity index (χ4v) is 2.66. The number of aliphatic hydroxyl groups excluding tert-OH is 1. The molecule has 1 aromatic rings. The number of halogens is 1. The van der Waals surface area contributed by atoms with Gasteiger partial charge in [-0.25, -0.2) is 0 Å². The molecule has 0 saturated heterocycles. The number of aryl methyl sites for hydroxylation is 1. The van der Waals surface area contributed by atoms with E-state index in [1.165, 1.54) is 11.8 Å². The Bertz CT molecular complexity index is 412. The first-order valence-corrected chi connectivity index (χ1v) is 7.64. The Morgan fingerprint density at radius 1 is 1.56 bits per heavy atom. The fourth-order valence-electron chi connectivity index (χ4n) is 1.35. The van der Waals surface area contributed by atoms with Crippen molar-refractivity contribution in [1.29, 1.82) is 0 Å². The predicted molar refractivity (Wildman–Crippen MR) is 78.9 cm³/mol. The lowest BCUT2D eigenvalue weighted by molar-refractivity contribution is -0.119. The topological polar surface area (TPSA) is 49.3 Å². The molecule has 5 heteroatoms. The Morgan fingerprint density at radius 2 is 2.28 bits per heavy atom. The molecule has 1 amide bonds. The summed E-state index contributed by atoms with van der Waals surface area (Å²) in [5.41, 5.74) is 1.15. The van der Waals surface area contributed by atoms with Gasteiger partial charge in [0.25, 0.3) is 0 Å². The van der Waals surface area contributed by atoms with Crippen molar-refractivity contribution in [3.05, 3.63) is 28.2 Å². The number of nitrogens with one attached hydrogen (secondary N) is 1. The first kappa shape index (κ1) is 15.5. The van der Waals surface area contributed by atoms with Crippen molar-refractivity contribution >= 4 is 33.6 Å². The van der Waals surface area contributed by atoms with Crippen LogP contribution in [0.25, 0.3) is 0 Å². The van der Waals surface area contributed by atoms with E-state index >= 15 is 0 Å². The number of aliphatic hydroxyl groups is 1. The number of amides is 1. The third kappa shape index (κ3) is 5.42. The molecule has 0 heterocycles. The highest BCUT2D eigenvalue weighted by atomic mass is 79.9. The Labute approximate surface area is 120 Å². The van der Waals surface area contributed by atoms with Crippen molar-refractivity contribution in [3.63, 3.8) is 0 Å². The van der Waals surface area contributed by atoms with Crippen LogP contribution in [0.1, 0.15) is 18.9 Å². The van der Waals surface area contributed by atoms with Gasteiger partial charge in [0.2, 0.25) is 5.91 Å². The maximum atomic E-state index is 11.6. The first-order valence-electron chi connectivity index (χ1n) is 5.86. The van der Waals surface area contributed by atoms with Crippen molar-refractivity contribution in [3.8, 4) is 0 Å². The summed E-state index contributed by atoms with van der Waals surface area (Å²) in [5, 5.41) is 12.1. The lowest BCUT2D eigenvalue weighted by Crippen LogP contribution is -2.32. The van der Waals surface area contributed by atoms with Gasteiger partial charge < -0.3 is 10.4 Å². The van der Waals surface area contributed by atoms with Crippen LogP contribution < -0.4 is 5.32 Å². The molecule has 1 atom stereocenters. The molecule has 0 aliphatic heterocycles. The standard InChI is InChI=1S/C13H18BrNO2S/c1-3-11(16)7-15-13(17)8-18-12-5-4-10(14)6-9(12)2/h4-6,11,16H,3,7-8H2,1-2H3,(H,15,17). The third-order valence-electron chi connectivity index (χ3n) is 2.50. The molecule has 100 valence electrons. The van der Waals surface area contributed by atoms with Crippen molar-refractivity contribution in [2.24, 2.45) is 0 Å². The molecule has 0 bridgehead atoms. The average molecular weight is 332 g/mol. The minimum Gasteiger partial charge on any atom is -0.391 e. The van der Waals surface area contributed by atoms with Gasteiger partial charge in [0, 0.05) is 15.9 Å². The van der Waals surface area contributed by atoms with E-state index in [4.69, 9.17) is 0 Å². The smallest absolute Gasteiger partial charge is 0.230 e. The van der Waals surface area contributed by atoms with E-state index in [2.05, 4.69) is 21.2 Å². The van der Waals surface area contributed by atoms with E-state index in [0.29, 0.717) is 18.7 Å². The minimum absolute atomic E-state index is 0.0465. The third-order valence-corrected chi connectivity index (χ3v) is 4.17. The van der Waals surface area contributed by atoms with Gasteiger partial charge in [0.15, 0.2) is 0 Å². The summed E-state index contributed by atoms with van der Waals surface area (Å²) < 4.78 is 1.04.